The molecule has 1 aliphatic heterocycles. The topological polar surface area (TPSA) is 58.4 Å². The Balaban J connectivity index is 1.98. The lowest BCUT2D eigenvalue weighted by Gasteiger charge is -2.30. The number of carbonyl (C=O) groups excluding carboxylic acids is 1. The fourth-order valence-electron chi connectivity index (χ4n) is 2.58. The van der Waals surface area contributed by atoms with Crippen molar-refractivity contribution >= 4 is 5.91 Å². The zero-order chi connectivity index (χ0) is 10.7. The third kappa shape index (κ3) is 2.32. The minimum atomic E-state index is -0.537. The molecule has 0 unspecified atom stereocenters. The van der Waals surface area contributed by atoms with Gasteiger partial charge in [-0.1, -0.05) is 12.8 Å². The van der Waals surface area contributed by atoms with E-state index in [-0.39, 0.29) is 5.91 Å². The van der Waals surface area contributed by atoms with Crippen LogP contribution in [0.1, 0.15) is 32.1 Å². The lowest BCUT2D eigenvalue weighted by molar-refractivity contribution is -0.136. The van der Waals surface area contributed by atoms with E-state index in [0.717, 1.165) is 58.3 Å². The summed E-state index contributed by atoms with van der Waals surface area (Å²) in [5.41, 5.74) is 5.64. The molecule has 15 heavy (non-hydrogen) atoms. The number of amides is 1. The highest BCUT2D eigenvalue weighted by molar-refractivity contribution is 5.86. The van der Waals surface area contributed by atoms with Gasteiger partial charge >= 0.3 is 0 Å². The Morgan fingerprint density at radius 1 is 1.13 bits per heavy atom. The molecule has 2 fully saturated rings. The Hall–Kier alpha value is -0.610. The van der Waals surface area contributed by atoms with Crippen molar-refractivity contribution in [3.8, 4) is 0 Å². The van der Waals surface area contributed by atoms with Crippen LogP contribution in [0.2, 0.25) is 0 Å². The van der Waals surface area contributed by atoms with Gasteiger partial charge in [0.25, 0.3) is 0 Å². The average Bonchev–Trinajstić information content (AvgIpc) is 2.54. The van der Waals surface area contributed by atoms with Gasteiger partial charge in [-0.05, 0) is 25.8 Å². The van der Waals surface area contributed by atoms with E-state index >= 15 is 0 Å². The zero-order valence-corrected chi connectivity index (χ0v) is 9.30. The van der Waals surface area contributed by atoms with Crippen molar-refractivity contribution < 1.29 is 4.79 Å². The van der Waals surface area contributed by atoms with Crippen LogP contribution in [0.4, 0.5) is 0 Å². The molecule has 1 aliphatic carbocycles. The highest BCUT2D eigenvalue weighted by atomic mass is 16.2. The minimum Gasteiger partial charge on any atom is -0.340 e. The molecule has 0 atom stereocenters. The first-order chi connectivity index (χ1) is 7.22. The van der Waals surface area contributed by atoms with Crippen molar-refractivity contribution in [2.45, 2.75) is 37.6 Å². The summed E-state index contributed by atoms with van der Waals surface area (Å²) in [6.07, 6.45) is 5.00. The van der Waals surface area contributed by atoms with Gasteiger partial charge in [0.1, 0.15) is 0 Å². The molecule has 0 aromatic carbocycles. The average molecular weight is 211 g/mol. The summed E-state index contributed by atoms with van der Waals surface area (Å²) in [6.45, 7) is 3.60. The second kappa shape index (κ2) is 4.49. The van der Waals surface area contributed by atoms with Gasteiger partial charge in [-0.3, -0.25) is 4.79 Å². The molecule has 4 nitrogen and oxygen atoms in total. The molecule has 1 amide bonds. The number of carbonyl (C=O) groups is 1. The molecule has 0 bridgehead atoms. The summed E-state index contributed by atoms with van der Waals surface area (Å²) in [5, 5.41) is 3.30. The Labute approximate surface area is 91.2 Å². The molecule has 1 saturated carbocycles. The third-order valence-electron chi connectivity index (χ3n) is 3.55. The lowest BCUT2D eigenvalue weighted by atomic mass is 9.97. The summed E-state index contributed by atoms with van der Waals surface area (Å²) >= 11 is 0. The van der Waals surface area contributed by atoms with Gasteiger partial charge in [0.2, 0.25) is 5.91 Å². The molecule has 0 spiro atoms. The number of nitrogens with zero attached hydrogens (tertiary/aromatic N) is 1. The van der Waals surface area contributed by atoms with Crippen LogP contribution in [0.25, 0.3) is 0 Å². The zero-order valence-electron chi connectivity index (χ0n) is 9.30. The standard InChI is InChI=1S/C11H21N3O/c12-11(4-1-2-5-11)10(15)14-8-3-6-13-7-9-14/h13H,1-9,12H2. The summed E-state index contributed by atoms with van der Waals surface area (Å²) < 4.78 is 0. The van der Waals surface area contributed by atoms with Gasteiger partial charge in [-0.25, -0.2) is 0 Å². The third-order valence-corrected chi connectivity index (χ3v) is 3.55. The van der Waals surface area contributed by atoms with Crippen LogP contribution in [0, 0.1) is 0 Å². The van der Waals surface area contributed by atoms with Crippen LogP contribution in [0.15, 0.2) is 0 Å². The van der Waals surface area contributed by atoms with Crippen molar-refractivity contribution in [3.63, 3.8) is 0 Å². The summed E-state index contributed by atoms with van der Waals surface area (Å²) in [6, 6.07) is 0. The maximum absolute atomic E-state index is 12.2. The Morgan fingerprint density at radius 2 is 1.87 bits per heavy atom. The SMILES string of the molecule is NC1(C(=O)N2CCCNCC2)CCCC1. The second-order valence-electron chi connectivity index (χ2n) is 4.76. The van der Waals surface area contributed by atoms with Crippen molar-refractivity contribution in [3.05, 3.63) is 0 Å². The van der Waals surface area contributed by atoms with Crippen molar-refractivity contribution in [1.29, 1.82) is 0 Å². The van der Waals surface area contributed by atoms with Crippen LogP contribution >= 0.6 is 0 Å². The smallest absolute Gasteiger partial charge is 0.242 e. The molecule has 0 aromatic rings. The summed E-state index contributed by atoms with van der Waals surface area (Å²) in [7, 11) is 0. The first-order valence-corrected chi connectivity index (χ1v) is 6.01. The van der Waals surface area contributed by atoms with Crippen LogP contribution < -0.4 is 11.1 Å². The van der Waals surface area contributed by atoms with E-state index in [9.17, 15) is 4.79 Å². The molecular weight excluding hydrogens is 190 g/mol. The van der Waals surface area contributed by atoms with Gasteiger partial charge < -0.3 is 16.0 Å². The van der Waals surface area contributed by atoms with Gasteiger partial charge in [-0.15, -0.1) is 0 Å². The van der Waals surface area contributed by atoms with E-state index in [0.29, 0.717) is 0 Å². The highest BCUT2D eigenvalue weighted by Crippen LogP contribution is 2.29. The van der Waals surface area contributed by atoms with Gasteiger partial charge in [-0.2, -0.15) is 0 Å². The molecule has 1 heterocycles. The molecule has 2 rings (SSSR count). The number of rotatable bonds is 1. The van der Waals surface area contributed by atoms with Gasteiger partial charge in [0.15, 0.2) is 0 Å². The molecule has 0 radical (unpaired) electrons. The summed E-state index contributed by atoms with van der Waals surface area (Å²) in [4.78, 5) is 14.2. The molecule has 1 saturated heterocycles. The van der Waals surface area contributed by atoms with E-state index in [4.69, 9.17) is 5.73 Å². The molecule has 3 N–H and O–H groups in total. The fourth-order valence-corrected chi connectivity index (χ4v) is 2.58. The van der Waals surface area contributed by atoms with Crippen molar-refractivity contribution in [2.75, 3.05) is 26.2 Å². The Morgan fingerprint density at radius 3 is 2.60 bits per heavy atom. The Kier molecular flexibility index (Phi) is 3.26. The number of hydrogen-bond donors (Lipinski definition) is 2. The van der Waals surface area contributed by atoms with Crippen LogP contribution in [-0.2, 0) is 4.79 Å². The predicted octanol–water partition coefficient (Wildman–Crippen LogP) is 0.0798. The highest BCUT2D eigenvalue weighted by Gasteiger charge is 2.39. The van der Waals surface area contributed by atoms with Gasteiger partial charge in [0, 0.05) is 19.6 Å². The van der Waals surface area contributed by atoms with Crippen LogP contribution in [0.3, 0.4) is 0 Å². The van der Waals surface area contributed by atoms with E-state index in [1.807, 2.05) is 4.90 Å². The predicted molar refractivity (Wildman–Crippen MR) is 59.5 cm³/mol. The molecule has 2 aliphatic rings. The van der Waals surface area contributed by atoms with Gasteiger partial charge in [0.05, 0.1) is 5.54 Å². The first kappa shape index (κ1) is 10.9. The maximum Gasteiger partial charge on any atom is 0.242 e. The van der Waals surface area contributed by atoms with E-state index in [2.05, 4.69) is 5.32 Å². The van der Waals surface area contributed by atoms with E-state index < -0.39 is 5.54 Å². The van der Waals surface area contributed by atoms with Crippen molar-refractivity contribution in [1.82, 2.24) is 10.2 Å². The number of nitrogens with two attached hydrogens (primary N) is 1. The monoisotopic (exact) mass is 211 g/mol. The largest absolute Gasteiger partial charge is 0.340 e. The maximum atomic E-state index is 12.2. The normalized spacial score (nSPS) is 26.3. The lowest BCUT2D eigenvalue weighted by Crippen LogP contribution is -2.54. The van der Waals surface area contributed by atoms with E-state index in [1.165, 1.54) is 0 Å². The quantitative estimate of drug-likeness (QED) is 0.646. The first-order valence-electron chi connectivity index (χ1n) is 6.01. The van der Waals surface area contributed by atoms with Crippen LogP contribution in [0.5, 0.6) is 0 Å². The molecule has 4 heteroatoms. The Bertz CT molecular complexity index is 228. The molecule has 86 valence electrons. The molecular formula is C11H21N3O. The number of nitrogens with one attached hydrogen (secondary N) is 1. The van der Waals surface area contributed by atoms with Crippen molar-refractivity contribution in [2.24, 2.45) is 5.73 Å². The number of hydrogen-bond acceptors (Lipinski definition) is 3. The minimum absolute atomic E-state index is 0.184. The van der Waals surface area contributed by atoms with E-state index in [1.54, 1.807) is 0 Å². The molecule has 0 aromatic heterocycles. The second-order valence-corrected chi connectivity index (χ2v) is 4.76. The summed E-state index contributed by atoms with van der Waals surface area (Å²) in [5.74, 6) is 0.184. The van der Waals surface area contributed by atoms with Crippen LogP contribution in [-0.4, -0.2) is 42.5 Å². The fraction of sp³-hybridized carbons (Fsp3) is 0.909.